The molecular formula is C25H19BrF3N3O2. The molecular weight excluding hydrogens is 511 g/mol. The van der Waals surface area contributed by atoms with Crippen LogP contribution in [-0.2, 0) is 12.8 Å². The summed E-state index contributed by atoms with van der Waals surface area (Å²) < 4.78 is 50.1. The normalized spacial score (nSPS) is 11.7. The van der Waals surface area contributed by atoms with Crippen LogP contribution in [0.2, 0.25) is 0 Å². The molecule has 4 aromatic rings. The van der Waals surface area contributed by atoms with Crippen molar-refractivity contribution in [2.75, 3.05) is 12.5 Å². The number of ether oxygens (including phenoxy) is 2. The number of benzene rings is 3. The van der Waals surface area contributed by atoms with Gasteiger partial charge in [-0.15, -0.1) is 0 Å². The smallest absolute Gasteiger partial charge is 0.417 e. The number of rotatable bonds is 7. The third-order valence-corrected chi connectivity index (χ3v) is 5.52. The molecule has 34 heavy (non-hydrogen) atoms. The number of aromatic nitrogens is 1. The summed E-state index contributed by atoms with van der Waals surface area (Å²) >= 11 is 3.51. The highest BCUT2D eigenvalue weighted by Gasteiger charge is 2.30. The minimum Gasteiger partial charge on any atom is -0.493 e. The molecule has 1 N–H and O–H groups in total. The standard InChI is InChI=1S/C25H19BrF3N3O2/c1-33-22-12-17(13-31-32-23-9-8-20(14-30-23)25(27,28)29)11-21(26)24(22)34-15-16-6-7-18-4-2-3-5-19(18)10-16/h2-14H,15H2,1H3,(H,30,32)/b31-13-. The zero-order valence-electron chi connectivity index (χ0n) is 17.9. The summed E-state index contributed by atoms with van der Waals surface area (Å²) in [5, 5.41) is 6.33. The fraction of sp³-hybridized carbons (Fsp3) is 0.120. The average Bonchev–Trinajstić information content (AvgIpc) is 2.82. The third-order valence-electron chi connectivity index (χ3n) is 4.93. The SMILES string of the molecule is COc1cc(/C=N\Nc2ccc(C(F)(F)F)cn2)cc(Br)c1OCc1ccc2ccccc2c1. The van der Waals surface area contributed by atoms with Crippen LogP contribution in [0.15, 0.2) is 82.5 Å². The van der Waals surface area contributed by atoms with E-state index in [9.17, 15) is 13.2 Å². The number of hydrogen-bond donors (Lipinski definition) is 1. The molecule has 0 unspecified atom stereocenters. The lowest BCUT2D eigenvalue weighted by Gasteiger charge is -2.14. The summed E-state index contributed by atoms with van der Waals surface area (Å²) in [5.74, 6) is 1.24. The Labute approximate surface area is 202 Å². The van der Waals surface area contributed by atoms with Crippen molar-refractivity contribution in [2.45, 2.75) is 12.8 Å². The van der Waals surface area contributed by atoms with Crippen molar-refractivity contribution >= 4 is 38.7 Å². The number of anilines is 1. The van der Waals surface area contributed by atoms with Crippen LogP contribution in [0.5, 0.6) is 11.5 Å². The third kappa shape index (κ3) is 5.66. The molecule has 0 amide bonds. The monoisotopic (exact) mass is 529 g/mol. The molecule has 0 saturated heterocycles. The number of methoxy groups -OCH3 is 1. The van der Waals surface area contributed by atoms with Crippen molar-refractivity contribution in [3.05, 3.63) is 94.1 Å². The van der Waals surface area contributed by atoms with Gasteiger partial charge in [0, 0.05) is 6.20 Å². The van der Waals surface area contributed by atoms with Crippen LogP contribution in [0.3, 0.4) is 0 Å². The van der Waals surface area contributed by atoms with E-state index in [2.05, 4.69) is 55.7 Å². The molecule has 174 valence electrons. The molecule has 0 aliphatic heterocycles. The second-order valence-electron chi connectivity index (χ2n) is 7.30. The molecule has 0 aliphatic rings. The summed E-state index contributed by atoms with van der Waals surface area (Å²) in [6.07, 6.45) is -2.19. The quantitative estimate of drug-likeness (QED) is 0.206. The first-order valence-electron chi connectivity index (χ1n) is 10.1. The van der Waals surface area contributed by atoms with Crippen molar-refractivity contribution in [3.63, 3.8) is 0 Å². The van der Waals surface area contributed by atoms with E-state index in [1.165, 1.54) is 19.4 Å². The maximum absolute atomic E-state index is 12.6. The Morgan fingerprint density at radius 1 is 1.03 bits per heavy atom. The van der Waals surface area contributed by atoms with Crippen LogP contribution >= 0.6 is 15.9 Å². The lowest BCUT2D eigenvalue weighted by atomic mass is 10.1. The number of fused-ring (bicyclic) bond motifs is 1. The van der Waals surface area contributed by atoms with Gasteiger partial charge >= 0.3 is 6.18 Å². The summed E-state index contributed by atoms with van der Waals surface area (Å²) in [7, 11) is 1.54. The van der Waals surface area contributed by atoms with E-state index in [4.69, 9.17) is 9.47 Å². The summed E-state index contributed by atoms with van der Waals surface area (Å²) in [5.41, 5.74) is 3.49. The molecule has 1 heterocycles. The van der Waals surface area contributed by atoms with Gasteiger partial charge in [-0.25, -0.2) is 4.98 Å². The van der Waals surface area contributed by atoms with Gasteiger partial charge in [0.1, 0.15) is 12.4 Å². The zero-order chi connectivity index (χ0) is 24.1. The van der Waals surface area contributed by atoms with Crippen LogP contribution in [0.1, 0.15) is 16.7 Å². The second kappa shape index (κ2) is 10.1. The Morgan fingerprint density at radius 2 is 1.82 bits per heavy atom. The molecule has 1 aromatic heterocycles. The second-order valence-corrected chi connectivity index (χ2v) is 8.16. The Kier molecular flexibility index (Phi) is 7.02. The van der Waals surface area contributed by atoms with Gasteiger partial charge in [0.05, 0.1) is 23.4 Å². The fourth-order valence-electron chi connectivity index (χ4n) is 3.24. The van der Waals surface area contributed by atoms with Gasteiger partial charge in [0.2, 0.25) is 0 Å². The summed E-state index contributed by atoms with van der Waals surface area (Å²) in [6, 6.07) is 19.9. The molecule has 0 saturated carbocycles. The van der Waals surface area contributed by atoms with E-state index in [-0.39, 0.29) is 5.82 Å². The van der Waals surface area contributed by atoms with Crippen LogP contribution in [0.4, 0.5) is 19.0 Å². The molecule has 0 atom stereocenters. The fourth-order valence-corrected chi connectivity index (χ4v) is 3.81. The van der Waals surface area contributed by atoms with Gasteiger partial charge in [0.15, 0.2) is 11.5 Å². The summed E-state index contributed by atoms with van der Waals surface area (Å²) in [4.78, 5) is 3.71. The molecule has 0 bridgehead atoms. The predicted octanol–water partition coefficient (Wildman–Crippen LogP) is 7.05. The summed E-state index contributed by atoms with van der Waals surface area (Å²) in [6.45, 7) is 0.356. The molecule has 0 aliphatic carbocycles. The molecule has 0 fully saturated rings. The van der Waals surface area contributed by atoms with Crippen molar-refractivity contribution < 1.29 is 22.6 Å². The Balaban J connectivity index is 1.44. The highest BCUT2D eigenvalue weighted by atomic mass is 79.9. The number of nitrogens with zero attached hydrogens (tertiary/aromatic N) is 2. The molecule has 5 nitrogen and oxygen atoms in total. The maximum atomic E-state index is 12.6. The number of halogens is 4. The van der Waals surface area contributed by atoms with Gasteiger partial charge in [0.25, 0.3) is 0 Å². The van der Waals surface area contributed by atoms with Gasteiger partial charge in [-0.2, -0.15) is 18.3 Å². The van der Waals surface area contributed by atoms with Crippen molar-refractivity contribution in [3.8, 4) is 11.5 Å². The average molecular weight is 530 g/mol. The maximum Gasteiger partial charge on any atom is 0.417 e. The first kappa shape index (κ1) is 23.6. The van der Waals surface area contributed by atoms with Crippen LogP contribution < -0.4 is 14.9 Å². The minimum absolute atomic E-state index is 0.186. The first-order chi connectivity index (χ1) is 16.3. The number of nitrogens with one attached hydrogen (secondary N) is 1. The van der Waals surface area contributed by atoms with Crippen LogP contribution in [0.25, 0.3) is 10.8 Å². The van der Waals surface area contributed by atoms with Crippen molar-refractivity contribution in [1.82, 2.24) is 4.98 Å². The first-order valence-corrected chi connectivity index (χ1v) is 10.9. The van der Waals surface area contributed by atoms with Crippen LogP contribution in [0, 0.1) is 0 Å². The van der Waals surface area contributed by atoms with Gasteiger partial charge in [-0.1, -0.05) is 36.4 Å². The highest BCUT2D eigenvalue weighted by Crippen LogP contribution is 2.37. The number of hydrazone groups is 1. The molecule has 3 aromatic carbocycles. The number of pyridine rings is 1. The molecule has 9 heteroatoms. The highest BCUT2D eigenvalue weighted by molar-refractivity contribution is 9.10. The molecule has 4 rings (SSSR count). The van der Waals surface area contributed by atoms with E-state index in [0.29, 0.717) is 28.1 Å². The number of hydrogen-bond acceptors (Lipinski definition) is 5. The van der Waals surface area contributed by atoms with Crippen molar-refractivity contribution in [1.29, 1.82) is 0 Å². The van der Waals surface area contributed by atoms with E-state index < -0.39 is 11.7 Å². The van der Waals surface area contributed by atoms with Gasteiger partial charge < -0.3 is 9.47 Å². The Hall–Kier alpha value is -3.59. The lowest BCUT2D eigenvalue weighted by Crippen LogP contribution is -2.05. The minimum atomic E-state index is -4.43. The van der Waals surface area contributed by atoms with E-state index in [0.717, 1.165) is 28.6 Å². The largest absolute Gasteiger partial charge is 0.493 e. The topological polar surface area (TPSA) is 55.7 Å². The molecule has 0 radical (unpaired) electrons. The van der Waals surface area contributed by atoms with E-state index in [1.54, 1.807) is 12.1 Å². The van der Waals surface area contributed by atoms with Gasteiger partial charge in [-0.3, -0.25) is 5.43 Å². The van der Waals surface area contributed by atoms with Crippen molar-refractivity contribution in [2.24, 2.45) is 5.10 Å². The number of alkyl halides is 3. The van der Waals surface area contributed by atoms with E-state index >= 15 is 0 Å². The molecule has 0 spiro atoms. The predicted molar refractivity (Wildman–Crippen MR) is 129 cm³/mol. The van der Waals surface area contributed by atoms with Crippen LogP contribution in [-0.4, -0.2) is 18.3 Å². The zero-order valence-corrected chi connectivity index (χ0v) is 19.5. The Bertz CT molecular complexity index is 1330. The van der Waals surface area contributed by atoms with Gasteiger partial charge in [-0.05, 0) is 68.2 Å². The van der Waals surface area contributed by atoms with E-state index in [1.807, 2.05) is 18.2 Å². The lowest BCUT2D eigenvalue weighted by molar-refractivity contribution is -0.137. The Morgan fingerprint density at radius 3 is 2.53 bits per heavy atom.